The molecule has 0 unspecified atom stereocenters. The second-order valence-corrected chi connectivity index (χ2v) is 6.42. The molecule has 0 spiro atoms. The van der Waals surface area contributed by atoms with Gasteiger partial charge < -0.3 is 9.32 Å². The fourth-order valence-electron chi connectivity index (χ4n) is 2.16. The van der Waals surface area contributed by atoms with Crippen molar-refractivity contribution in [2.45, 2.75) is 13.5 Å². The largest absolute Gasteiger partial charge is 0.451 e. The van der Waals surface area contributed by atoms with Crippen LogP contribution in [0.25, 0.3) is 11.0 Å². The Labute approximate surface area is 131 Å². The summed E-state index contributed by atoms with van der Waals surface area (Å²) >= 11 is 7.60. The number of thiophene rings is 1. The van der Waals surface area contributed by atoms with E-state index < -0.39 is 0 Å². The third-order valence-electron chi connectivity index (χ3n) is 3.38. The smallest absolute Gasteiger partial charge is 0.289 e. The van der Waals surface area contributed by atoms with Gasteiger partial charge in [-0.15, -0.1) is 11.3 Å². The van der Waals surface area contributed by atoms with Crippen molar-refractivity contribution in [3.8, 4) is 0 Å². The molecule has 0 bridgehead atoms. The molecule has 0 radical (unpaired) electrons. The van der Waals surface area contributed by atoms with Crippen molar-refractivity contribution in [1.82, 2.24) is 4.90 Å². The van der Waals surface area contributed by atoms with Crippen LogP contribution in [0, 0.1) is 6.92 Å². The summed E-state index contributed by atoms with van der Waals surface area (Å²) in [6.45, 7) is 2.63. The van der Waals surface area contributed by atoms with Gasteiger partial charge in [0.1, 0.15) is 5.58 Å². The second-order valence-electron chi connectivity index (χ2n) is 4.98. The number of benzene rings is 1. The first kappa shape index (κ1) is 14.2. The zero-order chi connectivity index (χ0) is 15.0. The van der Waals surface area contributed by atoms with Gasteiger partial charge in [0.15, 0.2) is 5.76 Å². The Morgan fingerprint density at radius 1 is 1.33 bits per heavy atom. The van der Waals surface area contributed by atoms with Gasteiger partial charge in [0, 0.05) is 22.3 Å². The van der Waals surface area contributed by atoms with E-state index in [1.54, 1.807) is 47.5 Å². The number of furan rings is 1. The maximum absolute atomic E-state index is 12.4. The SMILES string of the molecule is Cc1ccsc1CN(C)C(=O)c1cc2cc(Cl)ccc2o1. The quantitative estimate of drug-likeness (QED) is 0.699. The minimum atomic E-state index is -0.130. The lowest BCUT2D eigenvalue weighted by molar-refractivity contribution is 0.0757. The number of amides is 1. The number of hydrogen-bond acceptors (Lipinski definition) is 3. The molecule has 0 saturated heterocycles. The molecule has 2 heterocycles. The van der Waals surface area contributed by atoms with Crippen LogP contribution in [-0.2, 0) is 6.54 Å². The van der Waals surface area contributed by atoms with E-state index in [2.05, 4.69) is 6.07 Å². The van der Waals surface area contributed by atoms with E-state index in [0.29, 0.717) is 22.9 Å². The molecule has 0 aliphatic rings. The lowest BCUT2D eigenvalue weighted by atomic mass is 10.2. The van der Waals surface area contributed by atoms with Crippen LogP contribution < -0.4 is 0 Å². The zero-order valence-electron chi connectivity index (χ0n) is 11.7. The molecular weight excluding hydrogens is 306 g/mol. The highest BCUT2D eigenvalue weighted by Crippen LogP contribution is 2.24. The number of carbonyl (C=O) groups is 1. The van der Waals surface area contributed by atoms with E-state index in [1.165, 1.54) is 10.4 Å². The monoisotopic (exact) mass is 319 g/mol. The molecule has 3 nitrogen and oxygen atoms in total. The van der Waals surface area contributed by atoms with Gasteiger partial charge in [-0.25, -0.2) is 0 Å². The number of nitrogens with zero attached hydrogens (tertiary/aromatic N) is 1. The second kappa shape index (κ2) is 5.54. The third kappa shape index (κ3) is 2.82. The van der Waals surface area contributed by atoms with Crippen LogP contribution >= 0.6 is 22.9 Å². The molecule has 3 rings (SSSR count). The van der Waals surface area contributed by atoms with E-state index in [-0.39, 0.29) is 5.91 Å². The van der Waals surface area contributed by atoms with Crippen LogP contribution in [0.5, 0.6) is 0 Å². The molecule has 0 saturated carbocycles. The van der Waals surface area contributed by atoms with E-state index in [1.807, 2.05) is 12.3 Å². The molecule has 5 heteroatoms. The van der Waals surface area contributed by atoms with Crippen LogP contribution in [0.3, 0.4) is 0 Å². The highest BCUT2D eigenvalue weighted by molar-refractivity contribution is 7.10. The Kier molecular flexibility index (Phi) is 3.74. The average Bonchev–Trinajstić information content (AvgIpc) is 3.04. The van der Waals surface area contributed by atoms with Crippen LogP contribution in [0.1, 0.15) is 21.0 Å². The molecule has 21 heavy (non-hydrogen) atoms. The lowest BCUT2D eigenvalue weighted by Gasteiger charge is -2.15. The number of fused-ring (bicyclic) bond motifs is 1. The van der Waals surface area contributed by atoms with E-state index in [9.17, 15) is 4.79 Å². The minimum absolute atomic E-state index is 0.130. The van der Waals surface area contributed by atoms with Gasteiger partial charge >= 0.3 is 0 Å². The van der Waals surface area contributed by atoms with Gasteiger partial charge in [-0.05, 0) is 48.2 Å². The molecule has 0 N–H and O–H groups in total. The maximum Gasteiger partial charge on any atom is 0.289 e. The van der Waals surface area contributed by atoms with Crippen molar-refractivity contribution >= 4 is 39.8 Å². The predicted molar refractivity (Wildman–Crippen MR) is 86.1 cm³/mol. The Bertz CT molecular complexity index is 806. The summed E-state index contributed by atoms with van der Waals surface area (Å²) in [4.78, 5) is 15.3. The summed E-state index contributed by atoms with van der Waals surface area (Å²) in [6.07, 6.45) is 0. The lowest BCUT2D eigenvalue weighted by Crippen LogP contribution is -2.25. The van der Waals surface area contributed by atoms with E-state index in [4.69, 9.17) is 16.0 Å². The molecule has 108 valence electrons. The normalized spacial score (nSPS) is 11.0. The first-order valence-corrected chi connectivity index (χ1v) is 7.78. The van der Waals surface area contributed by atoms with E-state index in [0.717, 1.165) is 5.39 Å². The first-order valence-electron chi connectivity index (χ1n) is 6.52. The van der Waals surface area contributed by atoms with Crippen LogP contribution in [0.15, 0.2) is 40.1 Å². The van der Waals surface area contributed by atoms with Crippen LogP contribution in [0.2, 0.25) is 5.02 Å². The van der Waals surface area contributed by atoms with E-state index >= 15 is 0 Å². The molecular formula is C16H14ClNO2S. The number of aryl methyl sites for hydroxylation is 1. The van der Waals surface area contributed by atoms with Crippen LogP contribution in [-0.4, -0.2) is 17.9 Å². The number of hydrogen-bond donors (Lipinski definition) is 0. The summed E-state index contributed by atoms with van der Waals surface area (Å²) in [5, 5.41) is 3.50. The van der Waals surface area contributed by atoms with Gasteiger partial charge in [-0.1, -0.05) is 11.6 Å². The number of carbonyl (C=O) groups excluding carboxylic acids is 1. The van der Waals surface area contributed by atoms with Crippen molar-refractivity contribution in [3.05, 3.63) is 56.9 Å². The number of rotatable bonds is 3. The van der Waals surface area contributed by atoms with Gasteiger partial charge in [0.05, 0.1) is 6.54 Å². The summed E-state index contributed by atoms with van der Waals surface area (Å²) in [5.41, 5.74) is 1.87. The Morgan fingerprint density at radius 2 is 2.14 bits per heavy atom. The summed E-state index contributed by atoms with van der Waals surface area (Å²) in [6, 6.07) is 9.11. The van der Waals surface area contributed by atoms with Gasteiger partial charge in [0.25, 0.3) is 5.91 Å². The average molecular weight is 320 g/mol. The Hall–Kier alpha value is -1.78. The summed E-state index contributed by atoms with van der Waals surface area (Å²) in [7, 11) is 1.78. The predicted octanol–water partition coefficient (Wildman–Crippen LogP) is 4.73. The van der Waals surface area contributed by atoms with Crippen LogP contribution in [0.4, 0.5) is 0 Å². The highest BCUT2D eigenvalue weighted by atomic mass is 35.5. The van der Waals surface area contributed by atoms with Crippen molar-refractivity contribution in [2.24, 2.45) is 0 Å². The van der Waals surface area contributed by atoms with Crippen molar-refractivity contribution in [2.75, 3.05) is 7.05 Å². The Morgan fingerprint density at radius 3 is 2.86 bits per heavy atom. The molecule has 1 aromatic carbocycles. The maximum atomic E-state index is 12.4. The standard InChI is InChI=1S/C16H14ClNO2S/c1-10-5-6-21-15(10)9-18(2)16(19)14-8-11-7-12(17)3-4-13(11)20-14/h3-8H,9H2,1-2H3. The molecule has 1 amide bonds. The summed E-state index contributed by atoms with van der Waals surface area (Å²) < 4.78 is 5.61. The first-order chi connectivity index (χ1) is 10.0. The van der Waals surface area contributed by atoms with Crippen molar-refractivity contribution in [1.29, 1.82) is 0 Å². The molecule has 0 aliphatic heterocycles. The zero-order valence-corrected chi connectivity index (χ0v) is 13.3. The fraction of sp³-hybridized carbons (Fsp3) is 0.188. The summed E-state index contributed by atoms with van der Waals surface area (Å²) in [5.74, 6) is 0.207. The van der Waals surface area contributed by atoms with Gasteiger partial charge in [0.2, 0.25) is 0 Å². The third-order valence-corrected chi connectivity index (χ3v) is 4.63. The van der Waals surface area contributed by atoms with Crippen molar-refractivity contribution < 1.29 is 9.21 Å². The highest BCUT2D eigenvalue weighted by Gasteiger charge is 2.18. The topological polar surface area (TPSA) is 33.5 Å². The van der Waals surface area contributed by atoms with Gasteiger partial charge in [-0.2, -0.15) is 0 Å². The Balaban J connectivity index is 1.84. The molecule has 2 aromatic heterocycles. The minimum Gasteiger partial charge on any atom is -0.451 e. The molecule has 3 aromatic rings. The number of halogens is 1. The fourth-order valence-corrected chi connectivity index (χ4v) is 3.30. The van der Waals surface area contributed by atoms with Gasteiger partial charge in [-0.3, -0.25) is 4.79 Å². The van der Waals surface area contributed by atoms with Crippen molar-refractivity contribution in [3.63, 3.8) is 0 Å². The molecule has 0 fully saturated rings. The molecule has 0 atom stereocenters. The molecule has 0 aliphatic carbocycles.